The number of hydrogen-bond acceptors (Lipinski definition) is 6. The molecule has 8 heteroatoms. The molecule has 0 radical (unpaired) electrons. The third kappa shape index (κ3) is 5.33. The Morgan fingerprint density at radius 2 is 1.93 bits per heavy atom. The van der Waals surface area contributed by atoms with Crippen LogP contribution in [-0.4, -0.2) is 77.7 Å². The van der Waals surface area contributed by atoms with Crippen molar-refractivity contribution in [3.8, 4) is 0 Å². The van der Waals surface area contributed by atoms with Crippen molar-refractivity contribution in [1.29, 1.82) is 0 Å². The molecule has 0 bridgehead atoms. The van der Waals surface area contributed by atoms with Crippen LogP contribution in [0.4, 0.5) is 0 Å². The number of carboxylic acids is 1. The minimum atomic E-state index is -1.12. The van der Waals surface area contributed by atoms with Crippen LogP contribution >= 0.6 is 0 Å². The molecular weight excluding hydrogens is 376 g/mol. The zero-order valence-electron chi connectivity index (χ0n) is 16.9. The summed E-state index contributed by atoms with van der Waals surface area (Å²) in [6.45, 7) is 5.36. The summed E-state index contributed by atoms with van der Waals surface area (Å²) in [6.07, 6.45) is -0.247. The lowest BCUT2D eigenvalue weighted by Gasteiger charge is -2.35. The number of nitrogens with zero attached hydrogens (tertiary/aromatic N) is 2. The third-order valence-electron chi connectivity index (χ3n) is 5.52. The number of rotatable bonds is 7. The maximum atomic E-state index is 12.6. The van der Waals surface area contributed by atoms with Crippen LogP contribution in [0.2, 0.25) is 0 Å². The van der Waals surface area contributed by atoms with E-state index in [0.717, 1.165) is 5.56 Å². The Balaban J connectivity index is 1.54. The Labute approximate surface area is 170 Å². The lowest BCUT2D eigenvalue weighted by Crippen LogP contribution is -2.52. The van der Waals surface area contributed by atoms with Crippen LogP contribution in [0.15, 0.2) is 30.3 Å². The number of fused-ring (bicyclic) bond motifs is 1. The number of likely N-dealkylation sites (tertiary alicyclic amines) is 1. The highest BCUT2D eigenvalue weighted by molar-refractivity contribution is 5.84. The fourth-order valence-corrected chi connectivity index (χ4v) is 3.67. The number of carbonyl (C=O) groups excluding carboxylic acids is 2. The van der Waals surface area contributed by atoms with Gasteiger partial charge in [-0.3, -0.25) is 19.3 Å². The highest BCUT2D eigenvalue weighted by atomic mass is 16.5. The molecule has 1 N–H and O–H groups in total. The molecule has 29 heavy (non-hydrogen) atoms. The third-order valence-corrected chi connectivity index (χ3v) is 5.52. The van der Waals surface area contributed by atoms with Gasteiger partial charge in [-0.2, -0.15) is 0 Å². The van der Waals surface area contributed by atoms with Crippen molar-refractivity contribution in [1.82, 2.24) is 9.80 Å². The summed E-state index contributed by atoms with van der Waals surface area (Å²) in [5, 5.41) is 9.26. The summed E-state index contributed by atoms with van der Waals surface area (Å²) < 4.78 is 11.2. The van der Waals surface area contributed by atoms with Gasteiger partial charge in [-0.25, -0.2) is 0 Å². The van der Waals surface area contributed by atoms with Crippen LogP contribution in [0.1, 0.15) is 25.8 Å². The number of carbonyl (C=O) groups is 3. The van der Waals surface area contributed by atoms with Crippen molar-refractivity contribution in [2.24, 2.45) is 5.41 Å². The quantitative estimate of drug-likeness (QED) is 0.681. The van der Waals surface area contributed by atoms with Gasteiger partial charge in [0.25, 0.3) is 0 Å². The van der Waals surface area contributed by atoms with E-state index in [2.05, 4.69) is 0 Å². The minimum absolute atomic E-state index is 0.0686. The van der Waals surface area contributed by atoms with Crippen molar-refractivity contribution in [2.75, 3.05) is 32.8 Å². The Hall–Kier alpha value is -2.45. The molecule has 1 aromatic carbocycles. The number of benzene rings is 1. The van der Waals surface area contributed by atoms with E-state index in [1.807, 2.05) is 35.2 Å². The van der Waals surface area contributed by atoms with Gasteiger partial charge in [-0.1, -0.05) is 30.3 Å². The second-order valence-corrected chi connectivity index (χ2v) is 8.26. The Kier molecular flexibility index (Phi) is 6.54. The molecule has 2 fully saturated rings. The van der Waals surface area contributed by atoms with Gasteiger partial charge < -0.3 is 19.5 Å². The van der Waals surface area contributed by atoms with Gasteiger partial charge in [0.05, 0.1) is 30.7 Å². The van der Waals surface area contributed by atoms with Crippen LogP contribution < -0.4 is 0 Å². The van der Waals surface area contributed by atoms with Crippen molar-refractivity contribution in [3.63, 3.8) is 0 Å². The lowest BCUT2D eigenvalue weighted by molar-refractivity contribution is -0.151. The van der Waals surface area contributed by atoms with Gasteiger partial charge in [0.2, 0.25) is 5.91 Å². The summed E-state index contributed by atoms with van der Waals surface area (Å²) >= 11 is 0. The number of aliphatic carboxylic acids is 1. The first-order chi connectivity index (χ1) is 13.8. The first kappa shape index (κ1) is 21.3. The second-order valence-electron chi connectivity index (χ2n) is 8.26. The summed E-state index contributed by atoms with van der Waals surface area (Å²) in [4.78, 5) is 39.8. The smallest absolute Gasteiger partial charge is 0.320 e. The van der Waals surface area contributed by atoms with Gasteiger partial charge in [0.1, 0.15) is 6.61 Å². The molecule has 0 saturated carbocycles. The minimum Gasteiger partial charge on any atom is -0.481 e. The molecule has 1 aromatic rings. The second kappa shape index (κ2) is 8.92. The topological polar surface area (TPSA) is 96.4 Å². The monoisotopic (exact) mass is 404 g/mol. The van der Waals surface area contributed by atoms with E-state index in [4.69, 9.17) is 9.47 Å². The summed E-state index contributed by atoms with van der Waals surface area (Å²) in [7, 11) is 0. The predicted octanol–water partition coefficient (Wildman–Crippen LogP) is 1.14. The molecule has 3 rings (SSSR count). The number of ether oxygens (including phenoxy) is 2. The predicted molar refractivity (Wildman–Crippen MR) is 104 cm³/mol. The van der Waals surface area contributed by atoms with Gasteiger partial charge in [0, 0.05) is 26.1 Å². The molecule has 0 spiro atoms. The summed E-state index contributed by atoms with van der Waals surface area (Å²) in [5.41, 5.74) is -0.188. The van der Waals surface area contributed by atoms with Crippen molar-refractivity contribution >= 4 is 17.8 Å². The van der Waals surface area contributed by atoms with E-state index in [9.17, 15) is 19.5 Å². The Bertz CT molecular complexity index is 751. The zero-order chi connectivity index (χ0) is 21.0. The molecule has 1 amide bonds. The lowest BCUT2D eigenvalue weighted by atomic mass is 9.89. The molecule has 2 aliphatic heterocycles. The van der Waals surface area contributed by atoms with Gasteiger partial charge >= 0.3 is 11.9 Å². The largest absolute Gasteiger partial charge is 0.481 e. The van der Waals surface area contributed by atoms with E-state index in [-0.39, 0.29) is 43.6 Å². The molecular formula is C21H28N2O6. The van der Waals surface area contributed by atoms with Crippen LogP contribution in [0.3, 0.4) is 0 Å². The van der Waals surface area contributed by atoms with E-state index >= 15 is 0 Å². The molecule has 0 aliphatic carbocycles. The highest BCUT2D eigenvalue weighted by Crippen LogP contribution is 2.27. The van der Waals surface area contributed by atoms with Crippen LogP contribution in [0.25, 0.3) is 0 Å². The average Bonchev–Trinajstić information content (AvgIpc) is 3.12. The summed E-state index contributed by atoms with van der Waals surface area (Å²) in [6, 6.07) is 9.40. The molecule has 2 atom stereocenters. The van der Waals surface area contributed by atoms with E-state index in [1.54, 1.807) is 18.7 Å². The molecule has 0 unspecified atom stereocenters. The van der Waals surface area contributed by atoms with Gasteiger partial charge in [-0.05, 0) is 19.4 Å². The van der Waals surface area contributed by atoms with E-state index in [1.165, 1.54) is 0 Å². The normalized spacial score (nSPS) is 22.2. The van der Waals surface area contributed by atoms with Crippen LogP contribution in [0, 0.1) is 5.41 Å². The summed E-state index contributed by atoms with van der Waals surface area (Å²) in [5.74, 6) is -1.52. The van der Waals surface area contributed by atoms with Crippen molar-refractivity contribution < 1.29 is 29.0 Å². The maximum Gasteiger partial charge on any atom is 0.320 e. The first-order valence-electron chi connectivity index (χ1n) is 9.82. The molecule has 0 aromatic heterocycles. The van der Waals surface area contributed by atoms with Crippen LogP contribution in [0.5, 0.6) is 0 Å². The molecule has 2 saturated heterocycles. The number of morpholine rings is 1. The van der Waals surface area contributed by atoms with Crippen molar-refractivity contribution in [2.45, 2.75) is 39.0 Å². The molecule has 158 valence electrons. The fourth-order valence-electron chi connectivity index (χ4n) is 3.67. The molecule has 2 heterocycles. The average molecular weight is 404 g/mol. The molecule has 2 aliphatic rings. The first-order valence-corrected chi connectivity index (χ1v) is 9.82. The number of esters is 1. The highest BCUT2D eigenvalue weighted by Gasteiger charge is 2.43. The van der Waals surface area contributed by atoms with Gasteiger partial charge in [-0.15, -0.1) is 0 Å². The van der Waals surface area contributed by atoms with E-state index < -0.39 is 11.4 Å². The number of amides is 1. The van der Waals surface area contributed by atoms with Crippen LogP contribution in [-0.2, 0) is 30.5 Å². The number of hydrogen-bond donors (Lipinski definition) is 1. The Morgan fingerprint density at radius 3 is 2.62 bits per heavy atom. The van der Waals surface area contributed by atoms with E-state index in [0.29, 0.717) is 26.2 Å². The van der Waals surface area contributed by atoms with Crippen molar-refractivity contribution in [3.05, 3.63) is 35.9 Å². The van der Waals surface area contributed by atoms with Gasteiger partial charge in [0.15, 0.2) is 0 Å². The zero-order valence-corrected chi connectivity index (χ0v) is 16.9. The molecule has 8 nitrogen and oxygen atoms in total. The maximum absolute atomic E-state index is 12.6. The fraction of sp³-hybridized carbons (Fsp3) is 0.571. The Morgan fingerprint density at radius 1 is 1.21 bits per heavy atom. The number of carboxylic acid groups (broad SMARTS) is 1. The SMILES string of the molecule is CC(C)(CC(=O)N1C[C@@H]2OCCN(CC(=O)OCc3ccccc3)[C@@H]2C1)C(=O)O. The standard InChI is InChI=1S/C21H28N2O6/c1-21(2,20(26)27)10-18(24)23-11-16-17(12-23)28-9-8-22(16)13-19(25)29-14-15-6-4-3-5-7-15/h3-7,16-17H,8-14H2,1-2H3,(H,26,27)/t16-,17+/m1/s1.